The molecule has 0 amide bonds. The molecule has 0 atom stereocenters. The number of hydrogen-bond acceptors (Lipinski definition) is 2. The second-order valence-corrected chi connectivity index (χ2v) is 3.75. The summed E-state index contributed by atoms with van der Waals surface area (Å²) in [5, 5.41) is 0. The summed E-state index contributed by atoms with van der Waals surface area (Å²) in [6, 6.07) is 13.9. The topological polar surface area (TPSA) is 34.1 Å². The largest absolute Gasteiger partial charge is 0.289 e. The van der Waals surface area contributed by atoms with Crippen LogP contribution in [0.2, 0.25) is 0 Å². The van der Waals surface area contributed by atoms with Gasteiger partial charge in [-0.2, -0.15) is 0 Å². The van der Waals surface area contributed by atoms with Crippen LogP contribution in [0.5, 0.6) is 0 Å². The van der Waals surface area contributed by atoms with Gasteiger partial charge in [0.2, 0.25) is 0 Å². The first kappa shape index (κ1) is 21.2. The minimum atomic E-state index is -0.0641. The van der Waals surface area contributed by atoms with Crippen molar-refractivity contribution in [2.45, 2.75) is 0 Å². The highest BCUT2D eigenvalue weighted by atomic mass is 35.5. The standard InChI is InChI=1S/C14H8O2.4ClH/c15-13-9-5-1-2-6-10(9)14(16)12-8-4-3-7-11(12)13;;;;/h1-8H;4*1H. The molecule has 0 unspecified atom stereocenters. The van der Waals surface area contributed by atoms with Crippen LogP contribution in [0.25, 0.3) is 0 Å². The summed E-state index contributed by atoms with van der Waals surface area (Å²) < 4.78 is 0. The highest BCUT2D eigenvalue weighted by Gasteiger charge is 2.28. The summed E-state index contributed by atoms with van der Waals surface area (Å²) in [5.41, 5.74) is 2.02. The first-order valence-electron chi connectivity index (χ1n) is 5.06. The Morgan fingerprint density at radius 1 is 0.450 bits per heavy atom. The van der Waals surface area contributed by atoms with Crippen LogP contribution in [-0.4, -0.2) is 11.6 Å². The Morgan fingerprint density at radius 2 is 0.650 bits per heavy atom. The third kappa shape index (κ3) is 3.15. The molecule has 0 aliphatic heterocycles. The molecule has 2 nitrogen and oxygen atoms in total. The Bertz CT molecular complexity index is 521. The van der Waals surface area contributed by atoms with Crippen molar-refractivity contribution in [1.29, 1.82) is 0 Å². The van der Waals surface area contributed by atoms with Crippen molar-refractivity contribution < 1.29 is 9.59 Å². The van der Waals surface area contributed by atoms with E-state index in [1.165, 1.54) is 0 Å². The van der Waals surface area contributed by atoms with Crippen molar-refractivity contribution in [3.05, 3.63) is 70.8 Å². The summed E-state index contributed by atoms with van der Waals surface area (Å²) in [6.07, 6.45) is 0. The molecule has 0 saturated carbocycles. The summed E-state index contributed by atoms with van der Waals surface area (Å²) >= 11 is 0. The zero-order valence-electron chi connectivity index (χ0n) is 10.1. The van der Waals surface area contributed by atoms with Crippen LogP contribution in [0.15, 0.2) is 48.5 Å². The van der Waals surface area contributed by atoms with Crippen LogP contribution >= 0.6 is 49.6 Å². The maximum atomic E-state index is 12.1. The van der Waals surface area contributed by atoms with E-state index in [2.05, 4.69) is 0 Å². The SMILES string of the molecule is Cl.Cl.Cl.Cl.O=C1c2ccccc2C(=O)c2ccccc21. The first-order chi connectivity index (χ1) is 7.79. The lowest BCUT2D eigenvalue weighted by atomic mass is 9.84. The number of rotatable bonds is 0. The van der Waals surface area contributed by atoms with E-state index in [0.29, 0.717) is 22.3 Å². The molecule has 0 heterocycles. The Hall–Kier alpha value is -1.06. The molecule has 3 rings (SSSR count). The van der Waals surface area contributed by atoms with Crippen LogP contribution in [-0.2, 0) is 0 Å². The number of ketones is 2. The number of benzene rings is 2. The van der Waals surface area contributed by atoms with Crippen molar-refractivity contribution in [2.24, 2.45) is 0 Å². The summed E-state index contributed by atoms with van der Waals surface area (Å²) in [5.74, 6) is -0.128. The van der Waals surface area contributed by atoms with Gasteiger partial charge in [-0.25, -0.2) is 0 Å². The fourth-order valence-corrected chi connectivity index (χ4v) is 2.05. The molecule has 0 radical (unpaired) electrons. The molecule has 108 valence electrons. The second-order valence-electron chi connectivity index (χ2n) is 3.75. The monoisotopic (exact) mass is 352 g/mol. The van der Waals surface area contributed by atoms with Crippen LogP contribution < -0.4 is 0 Å². The van der Waals surface area contributed by atoms with Gasteiger partial charge in [-0.3, -0.25) is 9.59 Å². The molecule has 0 fully saturated rings. The molecule has 0 aromatic heterocycles. The van der Waals surface area contributed by atoms with Gasteiger partial charge in [-0.05, 0) is 0 Å². The maximum Gasteiger partial charge on any atom is 0.194 e. The Kier molecular flexibility index (Phi) is 8.79. The molecule has 1 aliphatic rings. The van der Waals surface area contributed by atoms with Gasteiger partial charge in [0, 0.05) is 22.3 Å². The summed E-state index contributed by atoms with van der Waals surface area (Å²) in [7, 11) is 0. The van der Waals surface area contributed by atoms with E-state index in [1.54, 1.807) is 48.5 Å². The highest BCUT2D eigenvalue weighted by molar-refractivity contribution is 6.28. The zero-order valence-corrected chi connectivity index (χ0v) is 13.3. The Balaban J connectivity index is 0. The fraction of sp³-hybridized carbons (Fsp3) is 0. The zero-order chi connectivity index (χ0) is 11.1. The van der Waals surface area contributed by atoms with Crippen LogP contribution in [0, 0.1) is 0 Å². The van der Waals surface area contributed by atoms with Gasteiger partial charge < -0.3 is 0 Å². The minimum absolute atomic E-state index is 0. The van der Waals surface area contributed by atoms with Gasteiger partial charge in [0.05, 0.1) is 0 Å². The van der Waals surface area contributed by atoms with E-state index < -0.39 is 0 Å². The number of fused-ring (bicyclic) bond motifs is 2. The lowest BCUT2D eigenvalue weighted by Crippen LogP contribution is -2.20. The van der Waals surface area contributed by atoms with Gasteiger partial charge in [0.15, 0.2) is 11.6 Å². The highest BCUT2D eigenvalue weighted by Crippen LogP contribution is 2.26. The third-order valence-corrected chi connectivity index (χ3v) is 2.83. The molecular formula is C14H12Cl4O2. The van der Waals surface area contributed by atoms with E-state index in [9.17, 15) is 9.59 Å². The average molecular weight is 354 g/mol. The fourth-order valence-electron chi connectivity index (χ4n) is 2.05. The molecule has 0 bridgehead atoms. The van der Waals surface area contributed by atoms with Gasteiger partial charge in [0.25, 0.3) is 0 Å². The number of halogens is 4. The van der Waals surface area contributed by atoms with Crippen LogP contribution in [0.4, 0.5) is 0 Å². The van der Waals surface area contributed by atoms with Gasteiger partial charge >= 0.3 is 0 Å². The van der Waals surface area contributed by atoms with E-state index in [-0.39, 0.29) is 61.2 Å². The molecule has 0 saturated heterocycles. The van der Waals surface area contributed by atoms with Crippen molar-refractivity contribution >= 4 is 61.2 Å². The molecule has 0 N–H and O–H groups in total. The minimum Gasteiger partial charge on any atom is -0.289 e. The van der Waals surface area contributed by atoms with E-state index in [1.807, 2.05) is 0 Å². The predicted octanol–water partition coefficient (Wildman–Crippen LogP) is 4.15. The molecular weight excluding hydrogens is 342 g/mol. The second kappa shape index (κ2) is 8.28. The normalized spacial score (nSPS) is 10.6. The molecule has 2 aromatic rings. The Morgan fingerprint density at radius 3 is 0.850 bits per heavy atom. The van der Waals surface area contributed by atoms with Crippen LogP contribution in [0.1, 0.15) is 31.8 Å². The smallest absolute Gasteiger partial charge is 0.194 e. The average Bonchev–Trinajstić information content (AvgIpc) is 2.36. The number of carbonyl (C=O) groups excluding carboxylic acids is 2. The number of carbonyl (C=O) groups is 2. The van der Waals surface area contributed by atoms with E-state index in [0.717, 1.165) is 0 Å². The molecule has 1 aliphatic carbocycles. The molecule has 2 aromatic carbocycles. The lowest BCUT2D eigenvalue weighted by molar-refractivity contribution is 0.0979. The molecule has 20 heavy (non-hydrogen) atoms. The summed E-state index contributed by atoms with van der Waals surface area (Å²) in [6.45, 7) is 0. The summed E-state index contributed by atoms with van der Waals surface area (Å²) in [4.78, 5) is 24.2. The quantitative estimate of drug-likeness (QED) is 0.608. The van der Waals surface area contributed by atoms with Gasteiger partial charge in [0.1, 0.15) is 0 Å². The maximum absolute atomic E-state index is 12.1. The van der Waals surface area contributed by atoms with Gasteiger partial charge in [-0.15, -0.1) is 49.6 Å². The lowest BCUT2D eigenvalue weighted by Gasteiger charge is -2.16. The number of hydrogen-bond donors (Lipinski definition) is 0. The Labute approximate surface area is 141 Å². The van der Waals surface area contributed by atoms with E-state index >= 15 is 0 Å². The third-order valence-electron chi connectivity index (χ3n) is 2.83. The molecule has 0 spiro atoms. The van der Waals surface area contributed by atoms with Crippen molar-refractivity contribution in [3.8, 4) is 0 Å². The van der Waals surface area contributed by atoms with E-state index in [4.69, 9.17) is 0 Å². The van der Waals surface area contributed by atoms with Crippen LogP contribution in [0.3, 0.4) is 0 Å². The van der Waals surface area contributed by atoms with Crippen molar-refractivity contribution in [3.63, 3.8) is 0 Å². The molecule has 6 heteroatoms. The van der Waals surface area contributed by atoms with Crippen molar-refractivity contribution in [2.75, 3.05) is 0 Å². The first-order valence-corrected chi connectivity index (χ1v) is 5.06. The predicted molar refractivity (Wildman–Crippen MR) is 88.7 cm³/mol. The van der Waals surface area contributed by atoms with Crippen molar-refractivity contribution in [1.82, 2.24) is 0 Å². The van der Waals surface area contributed by atoms with Gasteiger partial charge in [-0.1, -0.05) is 48.5 Å².